The van der Waals surface area contributed by atoms with Crippen LogP contribution in [0, 0.1) is 11.7 Å². The first kappa shape index (κ1) is 17.2. The molecule has 1 aliphatic rings. The van der Waals surface area contributed by atoms with Crippen molar-refractivity contribution in [2.45, 2.75) is 38.8 Å². The fourth-order valence-corrected chi connectivity index (χ4v) is 3.01. The Morgan fingerprint density at radius 3 is 2.64 bits per heavy atom. The zero-order valence-corrected chi connectivity index (χ0v) is 14.7. The van der Waals surface area contributed by atoms with Crippen molar-refractivity contribution in [1.29, 1.82) is 0 Å². The van der Waals surface area contributed by atoms with Gasteiger partial charge in [-0.2, -0.15) is 0 Å². The largest absolute Gasteiger partial charge is 0.390 e. The Hall–Kier alpha value is -1.14. The minimum atomic E-state index is -0.769. The van der Waals surface area contributed by atoms with Crippen LogP contribution < -0.4 is 5.32 Å². The molecule has 1 saturated heterocycles. The molecule has 2 rings (SSSR count). The summed E-state index contributed by atoms with van der Waals surface area (Å²) >= 11 is 3.27. The average molecular weight is 373 g/mol. The van der Waals surface area contributed by atoms with Gasteiger partial charge in [-0.3, -0.25) is 0 Å². The van der Waals surface area contributed by atoms with Crippen LogP contribution in [-0.2, 0) is 0 Å². The van der Waals surface area contributed by atoms with Crippen LogP contribution in [0.3, 0.4) is 0 Å². The molecule has 4 nitrogen and oxygen atoms in total. The van der Waals surface area contributed by atoms with Crippen LogP contribution in [0.2, 0.25) is 0 Å². The first-order chi connectivity index (χ1) is 10.2. The zero-order chi connectivity index (χ0) is 16.5. The standard InChI is InChI=1S/C16H22BrFN2O2/c1-4-14(10-5-12(17)7-13(18)6-10)19-15(21)20-8-11(9-20)16(2,3)22/h5-7,11,14,22H,4,8-9H2,1-3H3,(H,19,21). The monoisotopic (exact) mass is 372 g/mol. The van der Waals surface area contributed by atoms with E-state index in [9.17, 15) is 14.3 Å². The number of likely N-dealkylation sites (tertiary alicyclic amines) is 1. The number of nitrogens with zero attached hydrogens (tertiary/aromatic N) is 1. The molecule has 1 aromatic rings. The highest BCUT2D eigenvalue weighted by atomic mass is 79.9. The molecule has 6 heteroatoms. The number of aliphatic hydroxyl groups is 1. The maximum Gasteiger partial charge on any atom is 0.317 e. The van der Waals surface area contributed by atoms with Crippen molar-refractivity contribution >= 4 is 22.0 Å². The molecule has 122 valence electrons. The van der Waals surface area contributed by atoms with Crippen molar-refractivity contribution in [1.82, 2.24) is 10.2 Å². The van der Waals surface area contributed by atoms with E-state index in [-0.39, 0.29) is 23.8 Å². The maximum atomic E-state index is 13.5. The van der Waals surface area contributed by atoms with Crippen LogP contribution in [0.5, 0.6) is 0 Å². The van der Waals surface area contributed by atoms with Gasteiger partial charge in [0.25, 0.3) is 0 Å². The normalized spacial score (nSPS) is 17.1. The number of hydrogen-bond acceptors (Lipinski definition) is 2. The molecule has 1 aliphatic heterocycles. The number of carbonyl (C=O) groups excluding carboxylic acids is 1. The molecule has 0 aromatic heterocycles. The van der Waals surface area contributed by atoms with Gasteiger partial charge in [0.2, 0.25) is 0 Å². The minimum absolute atomic E-state index is 0.0987. The topological polar surface area (TPSA) is 52.6 Å². The van der Waals surface area contributed by atoms with E-state index in [0.29, 0.717) is 24.0 Å². The summed E-state index contributed by atoms with van der Waals surface area (Å²) in [6.45, 7) is 6.54. The number of nitrogens with one attached hydrogen (secondary N) is 1. The molecule has 0 aliphatic carbocycles. The van der Waals surface area contributed by atoms with Gasteiger partial charge in [-0.05, 0) is 44.0 Å². The van der Waals surface area contributed by atoms with Crippen molar-refractivity contribution < 1.29 is 14.3 Å². The highest BCUT2D eigenvalue weighted by Gasteiger charge is 2.40. The van der Waals surface area contributed by atoms with Crippen molar-refractivity contribution in [3.63, 3.8) is 0 Å². The second-order valence-corrected chi connectivity index (χ2v) is 7.28. The molecule has 1 atom stereocenters. The quantitative estimate of drug-likeness (QED) is 0.850. The van der Waals surface area contributed by atoms with E-state index in [0.717, 1.165) is 5.56 Å². The Bertz CT molecular complexity index is 533. The second kappa shape index (κ2) is 6.54. The fourth-order valence-electron chi connectivity index (χ4n) is 2.53. The lowest BCUT2D eigenvalue weighted by Crippen LogP contribution is -2.60. The summed E-state index contributed by atoms with van der Waals surface area (Å²) in [5.41, 5.74) is -0.0313. The van der Waals surface area contributed by atoms with Gasteiger partial charge < -0.3 is 15.3 Å². The number of benzene rings is 1. The number of urea groups is 1. The Morgan fingerprint density at radius 2 is 2.14 bits per heavy atom. The fraction of sp³-hybridized carbons (Fsp3) is 0.562. The molecular formula is C16H22BrFN2O2. The van der Waals surface area contributed by atoms with E-state index < -0.39 is 5.60 Å². The molecule has 1 fully saturated rings. The van der Waals surface area contributed by atoms with E-state index in [2.05, 4.69) is 21.2 Å². The van der Waals surface area contributed by atoms with Crippen molar-refractivity contribution in [3.05, 3.63) is 34.1 Å². The molecule has 2 N–H and O–H groups in total. The lowest BCUT2D eigenvalue weighted by atomic mass is 9.85. The van der Waals surface area contributed by atoms with Gasteiger partial charge >= 0.3 is 6.03 Å². The highest BCUT2D eigenvalue weighted by molar-refractivity contribution is 9.10. The van der Waals surface area contributed by atoms with Crippen LogP contribution in [0.25, 0.3) is 0 Å². The van der Waals surface area contributed by atoms with Crippen molar-refractivity contribution in [2.75, 3.05) is 13.1 Å². The van der Waals surface area contributed by atoms with Gasteiger partial charge in [-0.1, -0.05) is 22.9 Å². The highest BCUT2D eigenvalue weighted by Crippen LogP contribution is 2.28. The lowest BCUT2D eigenvalue weighted by molar-refractivity contribution is -0.0460. The van der Waals surface area contributed by atoms with Crippen LogP contribution >= 0.6 is 15.9 Å². The smallest absolute Gasteiger partial charge is 0.317 e. The lowest BCUT2D eigenvalue weighted by Gasteiger charge is -2.45. The van der Waals surface area contributed by atoms with Gasteiger partial charge in [-0.25, -0.2) is 9.18 Å². The minimum Gasteiger partial charge on any atom is -0.390 e. The van der Waals surface area contributed by atoms with Gasteiger partial charge in [0.15, 0.2) is 0 Å². The number of amides is 2. The molecule has 22 heavy (non-hydrogen) atoms. The van der Waals surface area contributed by atoms with Crippen molar-refractivity contribution in [3.8, 4) is 0 Å². The Morgan fingerprint density at radius 1 is 1.50 bits per heavy atom. The number of hydrogen-bond donors (Lipinski definition) is 2. The Balaban J connectivity index is 1.98. The molecule has 0 bridgehead atoms. The maximum absolute atomic E-state index is 13.5. The SMILES string of the molecule is CCC(NC(=O)N1CC(C(C)(C)O)C1)c1cc(F)cc(Br)c1. The van der Waals surface area contributed by atoms with E-state index in [1.807, 2.05) is 13.0 Å². The molecule has 1 unspecified atom stereocenters. The van der Waals surface area contributed by atoms with Crippen LogP contribution in [-0.4, -0.2) is 34.7 Å². The average Bonchev–Trinajstić information content (AvgIpc) is 2.30. The summed E-state index contributed by atoms with van der Waals surface area (Å²) < 4.78 is 14.2. The first-order valence-electron chi connectivity index (χ1n) is 7.44. The third kappa shape index (κ3) is 3.98. The Labute approximate surface area is 138 Å². The van der Waals surface area contributed by atoms with Crippen LogP contribution in [0.1, 0.15) is 38.8 Å². The van der Waals surface area contributed by atoms with E-state index in [1.54, 1.807) is 18.7 Å². The summed E-state index contributed by atoms with van der Waals surface area (Å²) in [7, 11) is 0. The predicted molar refractivity (Wildman–Crippen MR) is 87.0 cm³/mol. The molecule has 0 radical (unpaired) electrons. The predicted octanol–water partition coefficient (Wildman–Crippen LogP) is 3.45. The molecule has 1 heterocycles. The summed E-state index contributed by atoms with van der Waals surface area (Å²) in [5, 5.41) is 12.8. The molecule has 1 aromatic carbocycles. The van der Waals surface area contributed by atoms with Crippen molar-refractivity contribution in [2.24, 2.45) is 5.92 Å². The van der Waals surface area contributed by atoms with E-state index in [4.69, 9.17) is 0 Å². The zero-order valence-electron chi connectivity index (χ0n) is 13.1. The summed E-state index contributed by atoms with van der Waals surface area (Å²) in [5.74, 6) is -0.232. The third-order valence-corrected chi connectivity index (χ3v) is 4.62. The Kier molecular flexibility index (Phi) is 5.12. The summed E-state index contributed by atoms with van der Waals surface area (Å²) in [6.07, 6.45) is 0.671. The molecule has 0 spiro atoms. The second-order valence-electron chi connectivity index (χ2n) is 6.37. The third-order valence-electron chi connectivity index (χ3n) is 4.16. The van der Waals surface area contributed by atoms with Gasteiger partial charge in [0, 0.05) is 23.5 Å². The van der Waals surface area contributed by atoms with Gasteiger partial charge in [0.05, 0.1) is 11.6 Å². The first-order valence-corrected chi connectivity index (χ1v) is 8.23. The number of carbonyl (C=O) groups is 1. The van der Waals surface area contributed by atoms with Crippen LogP contribution in [0.15, 0.2) is 22.7 Å². The van der Waals surface area contributed by atoms with E-state index >= 15 is 0 Å². The summed E-state index contributed by atoms with van der Waals surface area (Å²) in [4.78, 5) is 13.9. The van der Waals surface area contributed by atoms with Crippen LogP contribution in [0.4, 0.5) is 9.18 Å². The number of halogens is 2. The van der Waals surface area contributed by atoms with E-state index in [1.165, 1.54) is 12.1 Å². The number of rotatable bonds is 4. The molecular weight excluding hydrogens is 351 g/mol. The van der Waals surface area contributed by atoms with Gasteiger partial charge in [0.1, 0.15) is 5.82 Å². The summed E-state index contributed by atoms with van der Waals surface area (Å²) in [6, 6.07) is 4.23. The molecule has 0 saturated carbocycles. The van der Waals surface area contributed by atoms with Gasteiger partial charge in [-0.15, -0.1) is 0 Å². The molecule has 2 amide bonds.